The molecule has 0 saturated heterocycles. The summed E-state index contributed by atoms with van der Waals surface area (Å²) < 4.78 is 0.643. The molecule has 0 aliphatic heterocycles. The normalized spacial score (nSPS) is 14.6. The second-order valence-corrected chi connectivity index (χ2v) is 7.26. The van der Waals surface area contributed by atoms with E-state index < -0.39 is 11.9 Å². The quantitative estimate of drug-likeness (QED) is 0.703. The van der Waals surface area contributed by atoms with E-state index in [1.165, 1.54) is 6.20 Å². The maximum Gasteiger partial charge on any atom is 0.255 e. The van der Waals surface area contributed by atoms with Crippen LogP contribution in [0.2, 0.25) is 5.15 Å². The number of nitrogens with zero attached hydrogens (tertiary/aromatic N) is 1. The molecule has 7 heteroatoms. The van der Waals surface area contributed by atoms with E-state index in [0.29, 0.717) is 10.9 Å². The number of hydrogen-bond acceptors (Lipinski definition) is 3. The highest BCUT2D eigenvalue weighted by atomic mass is 79.9. The Hall–Kier alpha value is -1.92. The van der Waals surface area contributed by atoms with Gasteiger partial charge in [0.15, 0.2) is 0 Å². The fraction of sp³-hybridized carbons (Fsp3) is 0.278. The summed E-state index contributed by atoms with van der Waals surface area (Å²) >= 11 is 9.29. The first-order chi connectivity index (χ1) is 12.0. The van der Waals surface area contributed by atoms with Gasteiger partial charge in [0, 0.05) is 23.1 Å². The number of nitrogens with one attached hydrogen (secondary N) is 2. The van der Waals surface area contributed by atoms with Crippen molar-refractivity contribution in [3.63, 3.8) is 0 Å². The van der Waals surface area contributed by atoms with Crippen molar-refractivity contribution in [3.8, 4) is 0 Å². The predicted molar refractivity (Wildman–Crippen MR) is 99.5 cm³/mol. The third-order valence-corrected chi connectivity index (χ3v) is 4.61. The molecule has 1 aliphatic rings. The van der Waals surface area contributed by atoms with Crippen molar-refractivity contribution in [1.82, 2.24) is 15.6 Å². The highest BCUT2D eigenvalue weighted by molar-refractivity contribution is 9.10. The Labute approximate surface area is 159 Å². The molecule has 1 aromatic carbocycles. The van der Waals surface area contributed by atoms with E-state index in [1.54, 1.807) is 6.07 Å². The van der Waals surface area contributed by atoms with Gasteiger partial charge in [-0.25, -0.2) is 4.98 Å². The maximum atomic E-state index is 12.6. The number of amides is 2. The Morgan fingerprint density at radius 3 is 2.68 bits per heavy atom. The molecule has 1 fully saturated rings. The van der Waals surface area contributed by atoms with Gasteiger partial charge in [-0.15, -0.1) is 0 Å². The molecule has 3 rings (SSSR count). The predicted octanol–water partition coefficient (Wildman–Crippen LogP) is 3.12. The lowest BCUT2D eigenvalue weighted by Gasteiger charge is -2.19. The lowest BCUT2D eigenvalue weighted by Crippen LogP contribution is -2.48. The van der Waals surface area contributed by atoms with Gasteiger partial charge in [0.25, 0.3) is 5.91 Å². The Bertz CT molecular complexity index is 781. The highest BCUT2D eigenvalue weighted by Gasteiger charge is 2.29. The van der Waals surface area contributed by atoms with Crippen LogP contribution in [0.4, 0.5) is 0 Å². The van der Waals surface area contributed by atoms with Gasteiger partial charge in [0.2, 0.25) is 5.91 Å². The third kappa shape index (κ3) is 5.03. The first kappa shape index (κ1) is 17.9. The Morgan fingerprint density at radius 1 is 1.28 bits per heavy atom. The average Bonchev–Trinajstić information content (AvgIpc) is 3.41. The van der Waals surface area contributed by atoms with Crippen LogP contribution >= 0.6 is 27.5 Å². The summed E-state index contributed by atoms with van der Waals surface area (Å²) in [5.74, 6) is -0.607. The van der Waals surface area contributed by atoms with Crippen molar-refractivity contribution in [2.45, 2.75) is 31.3 Å². The number of rotatable bonds is 6. The Balaban J connectivity index is 1.77. The molecule has 0 bridgehead atoms. The molecule has 1 aliphatic carbocycles. The zero-order chi connectivity index (χ0) is 17.8. The number of aromatic nitrogens is 1. The number of benzene rings is 1. The molecule has 2 amide bonds. The molecule has 0 radical (unpaired) electrons. The summed E-state index contributed by atoms with van der Waals surface area (Å²) in [5.41, 5.74) is 1.20. The number of pyridine rings is 1. The van der Waals surface area contributed by atoms with Crippen molar-refractivity contribution in [3.05, 3.63) is 63.3 Å². The summed E-state index contributed by atoms with van der Waals surface area (Å²) in [5, 5.41) is 5.83. The van der Waals surface area contributed by atoms with Crippen molar-refractivity contribution in [1.29, 1.82) is 0 Å². The summed E-state index contributed by atoms with van der Waals surface area (Å²) in [7, 11) is 0. The fourth-order valence-electron chi connectivity index (χ4n) is 2.41. The molecule has 2 aromatic rings. The first-order valence-corrected chi connectivity index (χ1v) is 9.16. The molecule has 1 unspecified atom stereocenters. The van der Waals surface area contributed by atoms with Crippen LogP contribution in [-0.4, -0.2) is 28.9 Å². The summed E-state index contributed by atoms with van der Waals surface area (Å²) in [6.45, 7) is 0. The van der Waals surface area contributed by atoms with Gasteiger partial charge in [0.05, 0.1) is 5.56 Å². The lowest BCUT2D eigenvalue weighted by atomic mass is 10.0. The average molecular weight is 423 g/mol. The van der Waals surface area contributed by atoms with E-state index in [1.807, 2.05) is 30.3 Å². The zero-order valence-electron chi connectivity index (χ0n) is 13.3. The van der Waals surface area contributed by atoms with Crippen LogP contribution < -0.4 is 10.6 Å². The van der Waals surface area contributed by atoms with E-state index in [0.717, 1.165) is 18.4 Å². The van der Waals surface area contributed by atoms with Crippen LogP contribution in [0.3, 0.4) is 0 Å². The van der Waals surface area contributed by atoms with Crippen LogP contribution in [0.25, 0.3) is 0 Å². The van der Waals surface area contributed by atoms with Crippen LogP contribution in [0, 0.1) is 0 Å². The van der Waals surface area contributed by atoms with E-state index in [-0.39, 0.29) is 22.7 Å². The number of carbonyl (C=O) groups is 2. The lowest BCUT2D eigenvalue weighted by molar-refractivity contribution is -0.123. The van der Waals surface area contributed by atoms with Gasteiger partial charge in [-0.1, -0.05) is 41.9 Å². The fourth-order valence-corrected chi connectivity index (χ4v) is 2.93. The monoisotopic (exact) mass is 421 g/mol. The van der Waals surface area contributed by atoms with Crippen molar-refractivity contribution < 1.29 is 9.59 Å². The van der Waals surface area contributed by atoms with Crippen LogP contribution in [0.1, 0.15) is 28.8 Å². The van der Waals surface area contributed by atoms with Crippen molar-refractivity contribution in [2.24, 2.45) is 0 Å². The number of carbonyl (C=O) groups excluding carboxylic acids is 2. The Morgan fingerprint density at radius 2 is 2.00 bits per heavy atom. The van der Waals surface area contributed by atoms with Gasteiger partial charge in [-0.3, -0.25) is 9.59 Å². The topological polar surface area (TPSA) is 71.1 Å². The second kappa shape index (κ2) is 7.97. The van der Waals surface area contributed by atoms with E-state index >= 15 is 0 Å². The molecule has 0 spiro atoms. The molecular weight excluding hydrogens is 406 g/mol. The standard InChI is InChI=1S/C18H17BrClN3O2/c19-12-9-14(16(20)21-10-12)17(24)23-15(18(25)22-13-6-7-13)8-11-4-2-1-3-5-11/h1-5,9-10,13,15H,6-8H2,(H,22,25)(H,23,24). The van der Waals surface area contributed by atoms with Gasteiger partial charge in [-0.2, -0.15) is 0 Å². The smallest absolute Gasteiger partial charge is 0.255 e. The largest absolute Gasteiger partial charge is 0.352 e. The Kier molecular flexibility index (Phi) is 5.71. The maximum absolute atomic E-state index is 12.6. The highest BCUT2D eigenvalue weighted by Crippen LogP contribution is 2.20. The summed E-state index contributed by atoms with van der Waals surface area (Å²) in [6.07, 6.45) is 3.89. The van der Waals surface area contributed by atoms with Gasteiger partial charge in [0.1, 0.15) is 11.2 Å². The molecule has 1 atom stereocenters. The minimum atomic E-state index is -0.675. The second-order valence-electron chi connectivity index (χ2n) is 5.99. The zero-order valence-corrected chi connectivity index (χ0v) is 15.7. The van der Waals surface area contributed by atoms with E-state index in [9.17, 15) is 9.59 Å². The van der Waals surface area contributed by atoms with Gasteiger partial charge < -0.3 is 10.6 Å². The molecule has 1 saturated carbocycles. The minimum Gasteiger partial charge on any atom is -0.352 e. The number of halogens is 2. The van der Waals surface area contributed by atoms with Crippen LogP contribution in [0.5, 0.6) is 0 Å². The molecular formula is C18H17BrClN3O2. The van der Waals surface area contributed by atoms with E-state index in [4.69, 9.17) is 11.6 Å². The van der Waals surface area contributed by atoms with Gasteiger partial charge >= 0.3 is 0 Å². The SMILES string of the molecule is O=C(NC(Cc1ccccc1)C(=O)NC1CC1)c1cc(Br)cnc1Cl. The third-order valence-electron chi connectivity index (χ3n) is 3.88. The molecule has 130 valence electrons. The van der Waals surface area contributed by atoms with Crippen molar-refractivity contribution >= 4 is 39.3 Å². The summed E-state index contributed by atoms with van der Waals surface area (Å²) in [6, 6.07) is 10.7. The molecule has 25 heavy (non-hydrogen) atoms. The first-order valence-electron chi connectivity index (χ1n) is 7.99. The molecule has 5 nitrogen and oxygen atoms in total. The van der Waals surface area contributed by atoms with Gasteiger partial charge in [-0.05, 0) is 40.4 Å². The molecule has 1 heterocycles. The molecule has 1 aromatic heterocycles. The van der Waals surface area contributed by atoms with Crippen molar-refractivity contribution in [2.75, 3.05) is 0 Å². The summed E-state index contributed by atoms with van der Waals surface area (Å²) in [4.78, 5) is 29.1. The van der Waals surface area contributed by atoms with E-state index in [2.05, 4.69) is 31.5 Å². The van der Waals surface area contributed by atoms with Crippen LogP contribution in [0.15, 0.2) is 47.1 Å². The molecule has 2 N–H and O–H groups in total. The van der Waals surface area contributed by atoms with Crippen LogP contribution in [-0.2, 0) is 11.2 Å². The number of hydrogen-bond donors (Lipinski definition) is 2. The minimum absolute atomic E-state index is 0.0989.